The molecule has 6 heteroatoms. The topological polar surface area (TPSA) is 81.2 Å². The molecule has 1 amide bonds. The molecule has 1 aliphatic carbocycles. The number of nitrogens with one attached hydrogen (secondary N) is 2. The number of likely N-dealkylation sites (tertiary alicyclic amines) is 1. The van der Waals surface area contributed by atoms with Gasteiger partial charge in [0.2, 0.25) is 0 Å². The highest BCUT2D eigenvalue weighted by Gasteiger charge is 2.24. The summed E-state index contributed by atoms with van der Waals surface area (Å²) in [4.78, 5) is 14.8. The molecular formula is C18H30N4O2. The van der Waals surface area contributed by atoms with Gasteiger partial charge in [-0.15, -0.1) is 0 Å². The van der Waals surface area contributed by atoms with Gasteiger partial charge in [0.05, 0.1) is 17.5 Å². The van der Waals surface area contributed by atoms with E-state index in [9.17, 15) is 9.90 Å². The molecule has 2 heterocycles. The van der Waals surface area contributed by atoms with Crippen molar-refractivity contribution in [1.29, 1.82) is 0 Å². The second kappa shape index (κ2) is 8.62. The predicted octanol–water partition coefficient (Wildman–Crippen LogP) is 1.89. The Morgan fingerprint density at radius 2 is 2.12 bits per heavy atom. The van der Waals surface area contributed by atoms with E-state index in [1.54, 1.807) is 6.20 Å². The molecule has 2 fully saturated rings. The Hall–Kier alpha value is -1.40. The molecule has 1 aromatic heterocycles. The molecule has 3 N–H and O–H groups in total. The van der Waals surface area contributed by atoms with Crippen LogP contribution in [0.25, 0.3) is 0 Å². The van der Waals surface area contributed by atoms with Crippen LogP contribution in [-0.2, 0) is 0 Å². The summed E-state index contributed by atoms with van der Waals surface area (Å²) in [6.07, 6.45) is 10.00. The van der Waals surface area contributed by atoms with Gasteiger partial charge in [-0.3, -0.25) is 9.89 Å². The van der Waals surface area contributed by atoms with Crippen molar-refractivity contribution in [2.75, 3.05) is 32.8 Å². The zero-order chi connectivity index (χ0) is 16.8. The SMILES string of the molecule is O=C(NCCN1CCC[C@@H](CO)C1)c1cn[nH]c1C1CCCCC1. The summed E-state index contributed by atoms with van der Waals surface area (Å²) in [6.45, 7) is 3.75. The van der Waals surface area contributed by atoms with E-state index >= 15 is 0 Å². The van der Waals surface area contributed by atoms with Crippen LogP contribution in [0.3, 0.4) is 0 Å². The summed E-state index contributed by atoms with van der Waals surface area (Å²) in [7, 11) is 0. The first kappa shape index (κ1) is 17.4. The largest absolute Gasteiger partial charge is 0.396 e. The standard InChI is InChI=1S/C18H30N4O2/c23-13-14-5-4-9-22(12-14)10-8-19-18(24)16-11-20-21-17(16)15-6-2-1-3-7-15/h11,14-15,23H,1-10,12-13H2,(H,19,24)(H,20,21)/t14-/m1/s1. The fourth-order valence-corrected chi connectivity index (χ4v) is 4.11. The zero-order valence-corrected chi connectivity index (χ0v) is 14.5. The van der Waals surface area contributed by atoms with Crippen molar-refractivity contribution in [2.24, 2.45) is 5.92 Å². The minimum Gasteiger partial charge on any atom is -0.396 e. The molecule has 3 rings (SSSR count). The van der Waals surface area contributed by atoms with Gasteiger partial charge < -0.3 is 15.3 Å². The Labute approximate surface area is 144 Å². The number of aromatic nitrogens is 2. The van der Waals surface area contributed by atoms with Crippen LogP contribution in [0.2, 0.25) is 0 Å². The van der Waals surface area contributed by atoms with E-state index in [0.717, 1.165) is 51.0 Å². The summed E-state index contributed by atoms with van der Waals surface area (Å²) in [5, 5.41) is 19.5. The third kappa shape index (κ3) is 4.36. The van der Waals surface area contributed by atoms with E-state index in [0.29, 0.717) is 23.9 Å². The normalized spacial score (nSPS) is 23.3. The van der Waals surface area contributed by atoms with Crippen LogP contribution in [0, 0.1) is 5.92 Å². The van der Waals surface area contributed by atoms with Crippen molar-refractivity contribution in [1.82, 2.24) is 20.4 Å². The number of piperidine rings is 1. The summed E-state index contributed by atoms with van der Waals surface area (Å²) in [5.41, 5.74) is 1.74. The molecule has 0 radical (unpaired) electrons. The van der Waals surface area contributed by atoms with E-state index in [2.05, 4.69) is 20.4 Å². The molecule has 6 nitrogen and oxygen atoms in total. The van der Waals surface area contributed by atoms with Gasteiger partial charge >= 0.3 is 0 Å². The third-order valence-electron chi connectivity index (χ3n) is 5.50. The van der Waals surface area contributed by atoms with E-state index in [-0.39, 0.29) is 12.5 Å². The molecule has 1 saturated carbocycles. The smallest absolute Gasteiger partial charge is 0.254 e. The lowest BCUT2D eigenvalue weighted by atomic mass is 9.85. The summed E-state index contributed by atoms with van der Waals surface area (Å²) < 4.78 is 0. The van der Waals surface area contributed by atoms with Gasteiger partial charge in [0.25, 0.3) is 5.91 Å². The predicted molar refractivity (Wildman–Crippen MR) is 93.0 cm³/mol. The molecule has 2 aliphatic rings. The Morgan fingerprint density at radius 1 is 1.29 bits per heavy atom. The number of aromatic amines is 1. The van der Waals surface area contributed by atoms with Crippen LogP contribution < -0.4 is 5.32 Å². The highest BCUT2D eigenvalue weighted by Crippen LogP contribution is 2.33. The average Bonchev–Trinajstić information content (AvgIpc) is 3.12. The average molecular weight is 334 g/mol. The maximum Gasteiger partial charge on any atom is 0.254 e. The number of hydrogen-bond donors (Lipinski definition) is 3. The van der Waals surface area contributed by atoms with Gasteiger partial charge in [-0.2, -0.15) is 5.10 Å². The van der Waals surface area contributed by atoms with Crippen LogP contribution in [-0.4, -0.2) is 58.9 Å². The molecular weight excluding hydrogens is 304 g/mol. The Kier molecular flexibility index (Phi) is 6.26. The minimum absolute atomic E-state index is 0.0139. The van der Waals surface area contributed by atoms with E-state index in [1.807, 2.05) is 0 Å². The van der Waals surface area contributed by atoms with Crippen LogP contribution in [0.15, 0.2) is 6.20 Å². The Balaban J connectivity index is 1.48. The van der Waals surface area contributed by atoms with Crippen LogP contribution in [0.1, 0.15) is 66.9 Å². The summed E-state index contributed by atoms with van der Waals surface area (Å²) >= 11 is 0. The van der Waals surface area contributed by atoms with Gasteiger partial charge in [-0.05, 0) is 38.1 Å². The molecule has 1 aliphatic heterocycles. The molecule has 0 spiro atoms. The number of hydrogen-bond acceptors (Lipinski definition) is 4. The Morgan fingerprint density at radius 3 is 2.92 bits per heavy atom. The van der Waals surface area contributed by atoms with Crippen molar-refractivity contribution in [3.63, 3.8) is 0 Å². The number of nitrogens with zero attached hydrogens (tertiary/aromatic N) is 2. The first-order valence-corrected chi connectivity index (χ1v) is 9.42. The number of carbonyl (C=O) groups is 1. The lowest BCUT2D eigenvalue weighted by molar-refractivity contribution is 0.0929. The van der Waals surface area contributed by atoms with Crippen molar-refractivity contribution in [2.45, 2.75) is 50.9 Å². The molecule has 1 aromatic rings. The maximum absolute atomic E-state index is 12.5. The summed E-state index contributed by atoms with van der Waals surface area (Å²) in [6, 6.07) is 0. The number of H-pyrrole nitrogens is 1. The lowest BCUT2D eigenvalue weighted by Gasteiger charge is -2.31. The second-order valence-electron chi connectivity index (χ2n) is 7.28. The maximum atomic E-state index is 12.5. The third-order valence-corrected chi connectivity index (χ3v) is 5.50. The van der Waals surface area contributed by atoms with Gasteiger partial charge in [-0.25, -0.2) is 0 Å². The number of carbonyl (C=O) groups excluding carboxylic acids is 1. The zero-order valence-electron chi connectivity index (χ0n) is 14.5. The highest BCUT2D eigenvalue weighted by molar-refractivity contribution is 5.95. The van der Waals surface area contributed by atoms with Crippen LogP contribution in [0.5, 0.6) is 0 Å². The number of rotatable bonds is 6. The number of aliphatic hydroxyl groups is 1. The first-order chi connectivity index (χ1) is 11.8. The van der Waals surface area contributed by atoms with Crippen molar-refractivity contribution in [3.05, 3.63) is 17.5 Å². The van der Waals surface area contributed by atoms with Crippen molar-refractivity contribution >= 4 is 5.91 Å². The fourth-order valence-electron chi connectivity index (χ4n) is 4.11. The minimum atomic E-state index is -0.0139. The van der Waals surface area contributed by atoms with Gasteiger partial charge in [0.1, 0.15) is 0 Å². The molecule has 1 saturated heterocycles. The van der Waals surface area contributed by atoms with Gasteiger partial charge in [-0.1, -0.05) is 19.3 Å². The molecule has 24 heavy (non-hydrogen) atoms. The number of amides is 1. The molecule has 134 valence electrons. The van der Waals surface area contributed by atoms with Crippen molar-refractivity contribution in [3.8, 4) is 0 Å². The fraction of sp³-hybridized carbons (Fsp3) is 0.778. The highest BCUT2D eigenvalue weighted by atomic mass is 16.3. The number of aliphatic hydroxyl groups excluding tert-OH is 1. The van der Waals surface area contributed by atoms with Crippen LogP contribution >= 0.6 is 0 Å². The van der Waals surface area contributed by atoms with Crippen molar-refractivity contribution < 1.29 is 9.90 Å². The molecule has 1 atom stereocenters. The van der Waals surface area contributed by atoms with E-state index in [4.69, 9.17) is 0 Å². The first-order valence-electron chi connectivity index (χ1n) is 9.42. The van der Waals surface area contributed by atoms with Crippen LogP contribution in [0.4, 0.5) is 0 Å². The van der Waals surface area contributed by atoms with E-state index < -0.39 is 0 Å². The molecule has 0 aromatic carbocycles. The second-order valence-corrected chi connectivity index (χ2v) is 7.28. The monoisotopic (exact) mass is 334 g/mol. The Bertz CT molecular complexity index is 525. The summed E-state index contributed by atoms with van der Waals surface area (Å²) in [5.74, 6) is 0.829. The van der Waals surface area contributed by atoms with Gasteiger partial charge in [0, 0.05) is 32.2 Å². The molecule has 0 bridgehead atoms. The quantitative estimate of drug-likeness (QED) is 0.742. The van der Waals surface area contributed by atoms with Gasteiger partial charge in [0.15, 0.2) is 0 Å². The lowest BCUT2D eigenvalue weighted by Crippen LogP contribution is -2.41. The molecule has 0 unspecified atom stereocenters. The van der Waals surface area contributed by atoms with E-state index in [1.165, 1.54) is 19.3 Å².